The summed E-state index contributed by atoms with van der Waals surface area (Å²) in [4.78, 5) is 24.7. The normalized spacial score (nSPS) is 11.5. The van der Waals surface area contributed by atoms with Crippen LogP contribution in [0.3, 0.4) is 0 Å². The number of nitrogens with zero attached hydrogens (tertiary/aromatic N) is 5. The lowest BCUT2D eigenvalue weighted by Crippen LogP contribution is -2.14. The number of H-pyrrole nitrogens is 1. The Bertz CT molecular complexity index is 1660. The topological polar surface area (TPSA) is 100 Å². The van der Waals surface area contributed by atoms with E-state index < -0.39 is 5.41 Å². The first-order valence-corrected chi connectivity index (χ1v) is 11.9. The van der Waals surface area contributed by atoms with Crippen molar-refractivity contribution in [2.75, 3.05) is 0 Å². The Morgan fingerprint density at radius 2 is 1.89 bits per heavy atom. The highest BCUT2D eigenvalue weighted by Gasteiger charge is 2.20. The summed E-state index contributed by atoms with van der Waals surface area (Å²) in [5, 5.41) is 14.3. The number of hydrogen-bond donors (Lipinski definition) is 1. The maximum atomic E-state index is 15.1. The molecule has 8 heteroatoms. The Morgan fingerprint density at radius 1 is 1.11 bits per heavy atom. The summed E-state index contributed by atoms with van der Waals surface area (Å²) in [6.45, 7) is 3.66. The minimum absolute atomic E-state index is 0.0717. The van der Waals surface area contributed by atoms with Crippen molar-refractivity contribution in [1.82, 2.24) is 24.7 Å². The van der Waals surface area contributed by atoms with Gasteiger partial charge < -0.3 is 4.98 Å². The van der Waals surface area contributed by atoms with Gasteiger partial charge in [0, 0.05) is 41.7 Å². The summed E-state index contributed by atoms with van der Waals surface area (Å²) in [5.74, 6) is -0.455. The molecule has 0 fully saturated rings. The number of ketones is 1. The number of nitrogens with one attached hydrogen (secondary N) is 1. The van der Waals surface area contributed by atoms with Crippen LogP contribution in [0.5, 0.6) is 0 Å². The molecular weight excluding hydrogens is 467 g/mol. The predicted octanol–water partition coefficient (Wildman–Crippen LogP) is 5.78. The smallest absolute Gasteiger partial charge is 0.163 e. The fourth-order valence-corrected chi connectivity index (χ4v) is 4.31. The lowest BCUT2D eigenvalue weighted by Gasteiger charge is -2.15. The molecule has 0 bridgehead atoms. The van der Waals surface area contributed by atoms with Crippen LogP contribution in [0.2, 0.25) is 0 Å². The molecule has 7 nitrogen and oxygen atoms in total. The second kappa shape index (κ2) is 9.43. The average Bonchev–Trinajstić information content (AvgIpc) is 3.54. The van der Waals surface area contributed by atoms with E-state index in [2.05, 4.69) is 26.1 Å². The van der Waals surface area contributed by atoms with E-state index in [0.717, 1.165) is 22.2 Å². The SMILES string of the molecule is Cn1cc(-c2cc3c(-c4ccc(CCC(=O)c5ccc(C(C)(C)C#N)cc5)c(F)c4)ncnc3[nH]2)cn1. The van der Waals surface area contributed by atoms with Gasteiger partial charge in [0.05, 0.1) is 29.1 Å². The molecule has 0 radical (unpaired) electrons. The van der Waals surface area contributed by atoms with E-state index in [1.165, 1.54) is 12.4 Å². The van der Waals surface area contributed by atoms with Gasteiger partial charge in [-0.1, -0.05) is 36.4 Å². The number of Topliss-reactive ketones (excluding diaryl/α,β-unsaturated/α-hetero) is 1. The van der Waals surface area contributed by atoms with Crippen molar-refractivity contribution in [3.05, 3.63) is 89.8 Å². The maximum Gasteiger partial charge on any atom is 0.163 e. The van der Waals surface area contributed by atoms with Gasteiger partial charge in [-0.15, -0.1) is 0 Å². The Kier molecular flexibility index (Phi) is 6.14. The number of benzene rings is 2. The number of aryl methyl sites for hydroxylation is 2. The summed E-state index contributed by atoms with van der Waals surface area (Å²) in [5.41, 5.74) is 4.92. The zero-order valence-electron chi connectivity index (χ0n) is 20.8. The molecule has 5 aromatic rings. The number of carbonyl (C=O) groups excluding carboxylic acids is 1. The molecule has 0 aliphatic heterocycles. The number of aromatic amines is 1. The largest absolute Gasteiger partial charge is 0.339 e. The summed E-state index contributed by atoms with van der Waals surface area (Å²) in [6.07, 6.45) is 5.57. The molecule has 0 aliphatic rings. The third kappa shape index (κ3) is 4.76. The van der Waals surface area contributed by atoms with E-state index >= 15 is 4.39 Å². The van der Waals surface area contributed by atoms with E-state index in [9.17, 15) is 10.1 Å². The number of nitriles is 1. The van der Waals surface area contributed by atoms with Crippen LogP contribution in [0.1, 0.15) is 41.8 Å². The third-order valence-electron chi connectivity index (χ3n) is 6.60. The van der Waals surface area contributed by atoms with E-state index in [-0.39, 0.29) is 24.4 Å². The molecule has 2 aromatic carbocycles. The second-order valence-electron chi connectivity index (χ2n) is 9.61. The zero-order valence-corrected chi connectivity index (χ0v) is 20.8. The Balaban J connectivity index is 1.33. The summed E-state index contributed by atoms with van der Waals surface area (Å²) >= 11 is 0. The molecule has 3 heterocycles. The van der Waals surface area contributed by atoms with Crippen LogP contribution in [-0.4, -0.2) is 30.5 Å². The molecule has 184 valence electrons. The van der Waals surface area contributed by atoms with Gasteiger partial charge in [-0.25, -0.2) is 14.4 Å². The number of fused-ring (bicyclic) bond motifs is 1. The van der Waals surface area contributed by atoms with Crippen LogP contribution < -0.4 is 0 Å². The van der Waals surface area contributed by atoms with E-state index in [0.29, 0.717) is 28.0 Å². The Hall–Kier alpha value is -4.64. The standard InChI is InChI=1S/C29H25FN6O/c1-29(2,16-31)22-9-6-19(7-10-22)26(37)11-8-18-4-5-20(12-24(18)30)27-23-13-25(21-14-34-36(3)15-21)35-28(23)33-17-32-27/h4-7,9-10,12-15,17H,8,11H2,1-3H3,(H,32,33,35). The van der Waals surface area contributed by atoms with Gasteiger partial charge in [0.15, 0.2) is 5.78 Å². The summed E-state index contributed by atoms with van der Waals surface area (Å²) in [6, 6.07) is 16.2. The molecule has 0 aliphatic carbocycles. The van der Waals surface area contributed by atoms with Crippen LogP contribution in [-0.2, 0) is 18.9 Å². The number of hydrogen-bond acceptors (Lipinski definition) is 5. The van der Waals surface area contributed by atoms with Crippen LogP contribution in [0.25, 0.3) is 33.5 Å². The van der Waals surface area contributed by atoms with Crippen LogP contribution in [0, 0.1) is 17.1 Å². The monoisotopic (exact) mass is 492 g/mol. The average molecular weight is 493 g/mol. The highest BCUT2D eigenvalue weighted by atomic mass is 19.1. The van der Waals surface area contributed by atoms with Crippen molar-refractivity contribution >= 4 is 16.8 Å². The van der Waals surface area contributed by atoms with Gasteiger partial charge >= 0.3 is 0 Å². The van der Waals surface area contributed by atoms with Gasteiger partial charge in [-0.2, -0.15) is 10.4 Å². The molecule has 0 saturated heterocycles. The van der Waals surface area contributed by atoms with Crippen molar-refractivity contribution in [3.63, 3.8) is 0 Å². The van der Waals surface area contributed by atoms with E-state index in [1.54, 1.807) is 41.2 Å². The van der Waals surface area contributed by atoms with Crippen molar-refractivity contribution in [2.24, 2.45) is 7.05 Å². The number of halogens is 1. The molecule has 0 unspecified atom stereocenters. The summed E-state index contributed by atoms with van der Waals surface area (Å²) in [7, 11) is 1.85. The fraction of sp³-hybridized carbons (Fsp3) is 0.207. The third-order valence-corrected chi connectivity index (χ3v) is 6.60. The van der Waals surface area contributed by atoms with Gasteiger partial charge in [0.25, 0.3) is 0 Å². The first-order chi connectivity index (χ1) is 17.7. The minimum atomic E-state index is -0.623. The Labute approximate surface area is 213 Å². The number of carbonyl (C=O) groups is 1. The molecule has 0 spiro atoms. The zero-order chi connectivity index (χ0) is 26.2. The van der Waals surface area contributed by atoms with Crippen LogP contribution in [0.4, 0.5) is 4.39 Å². The highest BCUT2D eigenvalue weighted by Crippen LogP contribution is 2.31. The second-order valence-corrected chi connectivity index (χ2v) is 9.61. The molecule has 5 rings (SSSR count). The van der Waals surface area contributed by atoms with Gasteiger partial charge in [0.1, 0.15) is 17.8 Å². The number of aromatic nitrogens is 5. The lowest BCUT2D eigenvalue weighted by atomic mass is 9.85. The van der Waals surface area contributed by atoms with Crippen molar-refractivity contribution < 1.29 is 9.18 Å². The van der Waals surface area contributed by atoms with Crippen molar-refractivity contribution in [3.8, 4) is 28.6 Å². The molecule has 0 atom stereocenters. The van der Waals surface area contributed by atoms with Crippen LogP contribution in [0.15, 0.2) is 67.3 Å². The minimum Gasteiger partial charge on any atom is -0.339 e. The van der Waals surface area contributed by atoms with Crippen LogP contribution >= 0.6 is 0 Å². The fourth-order valence-electron chi connectivity index (χ4n) is 4.31. The summed E-state index contributed by atoms with van der Waals surface area (Å²) < 4.78 is 16.8. The lowest BCUT2D eigenvalue weighted by molar-refractivity contribution is 0.0982. The maximum absolute atomic E-state index is 15.1. The predicted molar refractivity (Wildman–Crippen MR) is 139 cm³/mol. The van der Waals surface area contributed by atoms with E-state index in [1.807, 2.05) is 39.2 Å². The molecule has 0 amide bonds. The van der Waals surface area contributed by atoms with Gasteiger partial charge in [0.2, 0.25) is 0 Å². The van der Waals surface area contributed by atoms with Gasteiger partial charge in [-0.3, -0.25) is 9.48 Å². The van der Waals surface area contributed by atoms with Gasteiger partial charge in [-0.05, 0) is 43.5 Å². The number of rotatable bonds is 7. The first kappa shape index (κ1) is 24.1. The molecule has 1 N–H and O–H groups in total. The molecule has 0 saturated carbocycles. The Morgan fingerprint density at radius 3 is 2.57 bits per heavy atom. The molecule has 37 heavy (non-hydrogen) atoms. The van der Waals surface area contributed by atoms with Crippen molar-refractivity contribution in [1.29, 1.82) is 5.26 Å². The highest BCUT2D eigenvalue weighted by molar-refractivity contribution is 5.96. The molecule has 3 aromatic heterocycles. The molecular formula is C29H25FN6O. The quantitative estimate of drug-likeness (QED) is 0.290. The van der Waals surface area contributed by atoms with E-state index in [4.69, 9.17) is 0 Å². The van der Waals surface area contributed by atoms with Crippen molar-refractivity contribution in [2.45, 2.75) is 32.1 Å². The first-order valence-electron chi connectivity index (χ1n) is 11.9.